The minimum absolute atomic E-state index is 0.00299. The van der Waals surface area contributed by atoms with E-state index in [0.29, 0.717) is 10.9 Å². The Morgan fingerprint density at radius 1 is 1.10 bits per heavy atom. The Hall–Kier alpha value is -2.15. The van der Waals surface area contributed by atoms with Gasteiger partial charge in [-0.2, -0.15) is 13.2 Å². The Morgan fingerprint density at radius 2 is 1.90 bits per heavy atom. The van der Waals surface area contributed by atoms with Crippen LogP contribution in [0.1, 0.15) is 5.69 Å². The Kier molecular flexibility index (Phi) is 2.86. The van der Waals surface area contributed by atoms with Crippen molar-refractivity contribution >= 4 is 28.2 Å². The third-order valence-corrected chi connectivity index (χ3v) is 3.67. The summed E-state index contributed by atoms with van der Waals surface area (Å²) in [6.45, 7) is 0. The zero-order valence-corrected chi connectivity index (χ0v) is 10.8. The largest absolute Gasteiger partial charge is 0.433 e. The second-order valence-corrected chi connectivity index (χ2v) is 5.09. The predicted molar refractivity (Wildman–Crippen MR) is 72.3 cm³/mol. The molecule has 2 N–H and O–H groups in total. The number of aromatic nitrogens is 2. The molecule has 7 heteroatoms. The van der Waals surface area contributed by atoms with Crippen molar-refractivity contribution < 1.29 is 13.2 Å². The molecular weight excluding hydrogens is 287 g/mol. The van der Waals surface area contributed by atoms with Crippen LogP contribution < -0.4 is 5.73 Å². The molecule has 0 fully saturated rings. The Bertz CT molecular complexity index is 766. The molecule has 20 heavy (non-hydrogen) atoms. The van der Waals surface area contributed by atoms with Crippen LogP contribution in [0, 0.1) is 0 Å². The first-order valence-corrected chi connectivity index (χ1v) is 6.51. The number of anilines is 1. The van der Waals surface area contributed by atoms with Gasteiger partial charge in [0.1, 0.15) is 11.5 Å². The summed E-state index contributed by atoms with van der Waals surface area (Å²) in [7, 11) is 0. The van der Waals surface area contributed by atoms with Crippen LogP contribution in [0.5, 0.6) is 0 Å². The summed E-state index contributed by atoms with van der Waals surface area (Å²) in [6, 6.07) is 7.78. The summed E-state index contributed by atoms with van der Waals surface area (Å²) in [5, 5.41) is 2.36. The molecule has 3 nitrogen and oxygen atoms in total. The van der Waals surface area contributed by atoms with Crippen LogP contribution in [0.4, 0.5) is 19.0 Å². The smallest absolute Gasteiger partial charge is 0.384 e. The van der Waals surface area contributed by atoms with Gasteiger partial charge >= 0.3 is 6.18 Å². The number of alkyl halides is 3. The molecule has 0 amide bonds. The van der Waals surface area contributed by atoms with Gasteiger partial charge in [0.15, 0.2) is 5.65 Å². The summed E-state index contributed by atoms with van der Waals surface area (Å²) in [4.78, 5) is 8.19. The van der Waals surface area contributed by atoms with Gasteiger partial charge in [-0.3, -0.25) is 0 Å². The van der Waals surface area contributed by atoms with Crippen molar-refractivity contribution in [2.24, 2.45) is 0 Å². The lowest BCUT2D eigenvalue weighted by Crippen LogP contribution is -2.09. The van der Waals surface area contributed by atoms with Gasteiger partial charge in [-0.05, 0) is 29.6 Å². The normalized spacial score (nSPS) is 11.9. The molecule has 3 heterocycles. The van der Waals surface area contributed by atoms with Crippen molar-refractivity contribution in [1.82, 2.24) is 9.97 Å². The lowest BCUT2D eigenvalue weighted by molar-refractivity contribution is -0.140. The second kappa shape index (κ2) is 4.45. The Balaban J connectivity index is 2.36. The van der Waals surface area contributed by atoms with E-state index in [2.05, 4.69) is 9.97 Å². The van der Waals surface area contributed by atoms with E-state index < -0.39 is 11.9 Å². The number of nitrogens with two attached hydrogens (primary N) is 1. The summed E-state index contributed by atoms with van der Waals surface area (Å²) in [5.41, 5.74) is 5.02. The predicted octanol–water partition coefficient (Wildman–Crippen LogP) is 3.96. The number of hydrogen-bond acceptors (Lipinski definition) is 4. The first-order chi connectivity index (χ1) is 9.45. The average molecular weight is 295 g/mol. The quantitative estimate of drug-likeness (QED) is 0.739. The van der Waals surface area contributed by atoms with Crippen LogP contribution in [0.2, 0.25) is 0 Å². The molecule has 0 aliphatic heterocycles. The zero-order valence-electron chi connectivity index (χ0n) is 9.98. The van der Waals surface area contributed by atoms with Crippen molar-refractivity contribution in [2.75, 3.05) is 5.73 Å². The van der Waals surface area contributed by atoms with Crippen molar-refractivity contribution in [3.63, 3.8) is 0 Å². The molecular formula is C13H8F3N3S. The average Bonchev–Trinajstić information content (AvgIpc) is 2.89. The highest BCUT2D eigenvalue weighted by molar-refractivity contribution is 7.13. The summed E-state index contributed by atoms with van der Waals surface area (Å²) >= 11 is 1.36. The van der Waals surface area contributed by atoms with E-state index in [0.717, 1.165) is 10.9 Å². The number of rotatable bonds is 1. The van der Waals surface area contributed by atoms with Crippen molar-refractivity contribution in [3.05, 3.63) is 41.4 Å². The highest BCUT2D eigenvalue weighted by atomic mass is 32.1. The molecule has 0 aromatic carbocycles. The molecule has 3 rings (SSSR count). The fourth-order valence-electron chi connectivity index (χ4n) is 1.90. The van der Waals surface area contributed by atoms with Gasteiger partial charge in [-0.25, -0.2) is 9.97 Å². The lowest BCUT2D eigenvalue weighted by Gasteiger charge is -2.10. The molecule has 0 aliphatic carbocycles. The van der Waals surface area contributed by atoms with Gasteiger partial charge in [-0.1, -0.05) is 6.07 Å². The maximum absolute atomic E-state index is 12.9. The van der Waals surface area contributed by atoms with Gasteiger partial charge < -0.3 is 5.73 Å². The van der Waals surface area contributed by atoms with Gasteiger partial charge in [0.2, 0.25) is 0 Å². The van der Waals surface area contributed by atoms with E-state index in [1.165, 1.54) is 11.3 Å². The molecule has 3 aromatic heterocycles. The number of nitrogen functional groups attached to an aromatic ring is 1. The topological polar surface area (TPSA) is 51.8 Å². The number of hydrogen-bond donors (Lipinski definition) is 1. The molecule has 0 atom stereocenters. The monoisotopic (exact) mass is 295 g/mol. The van der Waals surface area contributed by atoms with E-state index >= 15 is 0 Å². The fourth-order valence-corrected chi connectivity index (χ4v) is 2.66. The van der Waals surface area contributed by atoms with Crippen molar-refractivity contribution in [2.45, 2.75) is 6.18 Å². The highest BCUT2D eigenvalue weighted by Crippen LogP contribution is 2.36. The summed E-state index contributed by atoms with van der Waals surface area (Å²) in [6.07, 6.45) is -4.52. The highest BCUT2D eigenvalue weighted by Gasteiger charge is 2.33. The molecule has 0 bridgehead atoms. The van der Waals surface area contributed by atoms with Crippen LogP contribution in [-0.2, 0) is 6.18 Å². The Labute approximate surface area is 115 Å². The van der Waals surface area contributed by atoms with Crippen LogP contribution in [-0.4, -0.2) is 9.97 Å². The van der Waals surface area contributed by atoms with Gasteiger partial charge in [0.05, 0.1) is 0 Å². The Morgan fingerprint density at radius 3 is 2.55 bits per heavy atom. The van der Waals surface area contributed by atoms with Crippen LogP contribution in [0.3, 0.4) is 0 Å². The van der Waals surface area contributed by atoms with E-state index in [9.17, 15) is 13.2 Å². The van der Waals surface area contributed by atoms with Gasteiger partial charge in [0, 0.05) is 15.8 Å². The van der Waals surface area contributed by atoms with Gasteiger partial charge in [0.25, 0.3) is 0 Å². The maximum atomic E-state index is 12.9. The SMILES string of the molecule is Nc1ccc2c(-c3cccs3)cc(C(F)(F)F)nc2n1. The van der Waals surface area contributed by atoms with E-state index in [1.807, 2.05) is 0 Å². The zero-order chi connectivity index (χ0) is 14.3. The molecule has 0 saturated heterocycles. The molecule has 0 unspecified atom stereocenters. The third-order valence-electron chi connectivity index (χ3n) is 2.77. The van der Waals surface area contributed by atoms with Crippen molar-refractivity contribution in [3.8, 4) is 10.4 Å². The van der Waals surface area contributed by atoms with E-state index in [4.69, 9.17) is 5.73 Å². The molecule has 0 spiro atoms. The van der Waals surface area contributed by atoms with E-state index in [-0.39, 0.29) is 11.5 Å². The van der Waals surface area contributed by atoms with Gasteiger partial charge in [-0.15, -0.1) is 11.3 Å². The lowest BCUT2D eigenvalue weighted by atomic mass is 10.1. The minimum atomic E-state index is -4.52. The van der Waals surface area contributed by atoms with Crippen LogP contribution in [0.25, 0.3) is 21.5 Å². The number of fused-ring (bicyclic) bond motifs is 1. The number of halogens is 3. The molecule has 0 aliphatic rings. The minimum Gasteiger partial charge on any atom is -0.384 e. The first kappa shape index (κ1) is 12.9. The third kappa shape index (κ3) is 2.20. The van der Waals surface area contributed by atoms with Crippen LogP contribution >= 0.6 is 11.3 Å². The molecule has 102 valence electrons. The number of nitrogens with zero attached hydrogens (tertiary/aromatic N) is 2. The maximum Gasteiger partial charge on any atom is 0.433 e. The second-order valence-electron chi connectivity index (χ2n) is 4.14. The molecule has 0 saturated carbocycles. The fraction of sp³-hybridized carbons (Fsp3) is 0.0769. The molecule has 0 radical (unpaired) electrons. The summed E-state index contributed by atoms with van der Waals surface area (Å²) in [5.74, 6) is 0.140. The molecule has 3 aromatic rings. The number of pyridine rings is 2. The number of thiophene rings is 1. The van der Waals surface area contributed by atoms with E-state index in [1.54, 1.807) is 29.6 Å². The van der Waals surface area contributed by atoms with Crippen molar-refractivity contribution in [1.29, 1.82) is 0 Å². The van der Waals surface area contributed by atoms with Crippen LogP contribution in [0.15, 0.2) is 35.7 Å². The summed E-state index contributed by atoms with van der Waals surface area (Å²) < 4.78 is 38.8. The first-order valence-electron chi connectivity index (χ1n) is 5.63. The standard InChI is InChI=1S/C13H8F3N3S/c14-13(15,16)10-6-8(9-2-1-5-20-9)7-3-4-11(17)19-12(7)18-10/h1-6H,(H2,17,18,19).